The van der Waals surface area contributed by atoms with E-state index in [2.05, 4.69) is 18.7 Å². The fourth-order valence-corrected chi connectivity index (χ4v) is 1.78. The summed E-state index contributed by atoms with van der Waals surface area (Å²) in [7, 11) is 0. The zero-order valence-electron chi connectivity index (χ0n) is 12.4. The lowest BCUT2D eigenvalue weighted by molar-refractivity contribution is -0.132. The molecule has 0 heterocycles. The minimum absolute atomic E-state index is 0.233. The topological polar surface area (TPSA) is 60.9 Å². The molecule has 0 spiro atoms. The molecule has 110 valence electrons. The molecule has 0 rings (SSSR count). The van der Waals surface area contributed by atoms with E-state index in [-0.39, 0.29) is 5.91 Å². The molecule has 0 unspecified atom stereocenters. The van der Waals surface area contributed by atoms with Gasteiger partial charge in [-0.1, -0.05) is 27.7 Å². The second-order valence-corrected chi connectivity index (χ2v) is 4.88. The molecule has 19 heavy (non-hydrogen) atoms. The van der Waals surface area contributed by atoms with Crippen LogP contribution in [0.3, 0.4) is 0 Å². The van der Waals surface area contributed by atoms with E-state index in [9.17, 15) is 9.59 Å². The van der Waals surface area contributed by atoms with E-state index in [1.54, 1.807) is 4.90 Å². The van der Waals surface area contributed by atoms with Crippen LogP contribution in [0.15, 0.2) is 12.2 Å². The minimum Gasteiger partial charge on any atom is -0.478 e. The molecule has 0 aliphatic rings. The van der Waals surface area contributed by atoms with E-state index in [0.717, 1.165) is 31.8 Å². The molecule has 0 atom stereocenters. The first-order valence-corrected chi connectivity index (χ1v) is 6.82. The summed E-state index contributed by atoms with van der Waals surface area (Å²) in [5.41, 5.74) is 0. The van der Waals surface area contributed by atoms with Crippen LogP contribution in [-0.2, 0) is 9.59 Å². The molecule has 0 fully saturated rings. The Balaban J connectivity index is 4.53. The number of nitrogens with zero attached hydrogens (tertiary/aromatic N) is 2. The number of carboxylic acid groups (broad SMARTS) is 1. The van der Waals surface area contributed by atoms with Crippen LogP contribution in [0.2, 0.25) is 0 Å². The molecule has 0 bridgehead atoms. The summed E-state index contributed by atoms with van der Waals surface area (Å²) in [6.07, 6.45) is 2.03. The van der Waals surface area contributed by atoms with E-state index >= 15 is 0 Å². The van der Waals surface area contributed by atoms with Crippen molar-refractivity contribution < 1.29 is 14.7 Å². The lowest BCUT2D eigenvalue weighted by atomic mass is 10.2. The molecule has 5 heteroatoms. The molecule has 0 aliphatic heterocycles. The predicted molar refractivity (Wildman–Crippen MR) is 76.0 cm³/mol. The number of amides is 1. The van der Waals surface area contributed by atoms with Gasteiger partial charge in [0.25, 0.3) is 0 Å². The van der Waals surface area contributed by atoms with E-state index < -0.39 is 5.97 Å². The molecule has 0 radical (unpaired) electrons. The van der Waals surface area contributed by atoms with Crippen LogP contribution < -0.4 is 0 Å². The molecule has 0 aromatic rings. The van der Waals surface area contributed by atoms with Crippen LogP contribution in [0.1, 0.15) is 27.7 Å². The molecule has 1 N–H and O–H groups in total. The van der Waals surface area contributed by atoms with Gasteiger partial charge < -0.3 is 14.9 Å². The van der Waals surface area contributed by atoms with Crippen LogP contribution in [-0.4, -0.2) is 59.5 Å². The van der Waals surface area contributed by atoms with Gasteiger partial charge in [0, 0.05) is 31.8 Å². The second-order valence-electron chi connectivity index (χ2n) is 4.88. The Morgan fingerprint density at radius 2 is 1.68 bits per heavy atom. The molecular formula is C14H26N2O3. The van der Waals surface area contributed by atoms with Gasteiger partial charge in [0.2, 0.25) is 5.91 Å². The van der Waals surface area contributed by atoms with E-state index in [1.807, 2.05) is 13.8 Å². The number of carbonyl (C=O) groups excluding carboxylic acids is 1. The lowest BCUT2D eigenvalue weighted by Crippen LogP contribution is -2.39. The maximum atomic E-state index is 11.9. The summed E-state index contributed by atoms with van der Waals surface area (Å²) in [5, 5.41) is 8.55. The largest absolute Gasteiger partial charge is 0.478 e. The highest BCUT2D eigenvalue weighted by Gasteiger charge is 2.13. The number of aliphatic carboxylic acids is 1. The SMILES string of the molecule is CCN(CC)CCN(CC(C)C)C(=O)/C=C/C(=O)O. The number of carboxylic acids is 1. The summed E-state index contributed by atoms with van der Waals surface area (Å²) >= 11 is 0. The Morgan fingerprint density at radius 3 is 2.11 bits per heavy atom. The smallest absolute Gasteiger partial charge is 0.328 e. The lowest BCUT2D eigenvalue weighted by Gasteiger charge is -2.27. The standard InChI is InChI=1S/C14H26N2O3/c1-5-15(6-2)9-10-16(11-12(3)4)13(17)7-8-14(18)19/h7-8,12H,5-6,9-11H2,1-4H3,(H,18,19)/b8-7+. The van der Waals surface area contributed by atoms with Crippen molar-refractivity contribution >= 4 is 11.9 Å². The van der Waals surface area contributed by atoms with Gasteiger partial charge in [-0.15, -0.1) is 0 Å². The Labute approximate surface area is 115 Å². The second kappa shape index (κ2) is 9.55. The first-order chi connectivity index (χ1) is 8.90. The van der Waals surface area contributed by atoms with Crippen molar-refractivity contribution in [3.05, 3.63) is 12.2 Å². The number of hydrogen-bond acceptors (Lipinski definition) is 3. The molecule has 0 aromatic heterocycles. The van der Waals surface area contributed by atoms with Gasteiger partial charge in [0.15, 0.2) is 0 Å². The van der Waals surface area contributed by atoms with Gasteiger partial charge in [0.05, 0.1) is 0 Å². The van der Waals surface area contributed by atoms with Crippen LogP contribution in [0, 0.1) is 5.92 Å². The van der Waals surface area contributed by atoms with Crippen molar-refractivity contribution in [2.24, 2.45) is 5.92 Å². The quantitative estimate of drug-likeness (QED) is 0.644. The normalized spacial score (nSPS) is 11.5. The van der Waals surface area contributed by atoms with Crippen molar-refractivity contribution in [1.82, 2.24) is 9.80 Å². The molecular weight excluding hydrogens is 244 g/mol. The first-order valence-electron chi connectivity index (χ1n) is 6.82. The van der Waals surface area contributed by atoms with Crippen molar-refractivity contribution in [2.75, 3.05) is 32.7 Å². The van der Waals surface area contributed by atoms with Crippen molar-refractivity contribution in [3.8, 4) is 0 Å². The highest BCUT2D eigenvalue weighted by molar-refractivity contribution is 5.93. The average molecular weight is 270 g/mol. The third kappa shape index (κ3) is 8.37. The third-order valence-electron chi connectivity index (χ3n) is 2.85. The molecule has 0 saturated heterocycles. The summed E-state index contributed by atoms with van der Waals surface area (Å²) in [5.74, 6) is -0.969. The van der Waals surface area contributed by atoms with Crippen LogP contribution in [0.25, 0.3) is 0 Å². The fraction of sp³-hybridized carbons (Fsp3) is 0.714. The van der Waals surface area contributed by atoms with Crippen LogP contribution in [0.4, 0.5) is 0 Å². The van der Waals surface area contributed by atoms with Crippen molar-refractivity contribution in [1.29, 1.82) is 0 Å². The average Bonchev–Trinajstić information content (AvgIpc) is 2.35. The summed E-state index contributed by atoms with van der Waals surface area (Å²) in [4.78, 5) is 26.3. The summed E-state index contributed by atoms with van der Waals surface area (Å²) in [6.45, 7) is 12.2. The number of carbonyl (C=O) groups is 2. The zero-order chi connectivity index (χ0) is 14.8. The number of likely N-dealkylation sites (N-methyl/N-ethyl adjacent to an activating group) is 1. The van der Waals surface area contributed by atoms with E-state index in [1.165, 1.54) is 0 Å². The summed E-state index contributed by atoms with van der Waals surface area (Å²) < 4.78 is 0. The van der Waals surface area contributed by atoms with E-state index in [4.69, 9.17) is 5.11 Å². The molecule has 5 nitrogen and oxygen atoms in total. The Bertz CT molecular complexity index is 310. The minimum atomic E-state index is -1.10. The highest BCUT2D eigenvalue weighted by Crippen LogP contribution is 2.01. The summed E-state index contributed by atoms with van der Waals surface area (Å²) in [6, 6.07) is 0. The molecule has 0 aromatic carbocycles. The van der Waals surface area contributed by atoms with Gasteiger partial charge in [-0.25, -0.2) is 4.79 Å². The van der Waals surface area contributed by atoms with Crippen molar-refractivity contribution in [2.45, 2.75) is 27.7 Å². The molecule has 1 amide bonds. The Morgan fingerprint density at radius 1 is 1.11 bits per heavy atom. The maximum absolute atomic E-state index is 11.9. The Kier molecular flexibility index (Phi) is 8.87. The highest BCUT2D eigenvalue weighted by atomic mass is 16.4. The van der Waals surface area contributed by atoms with Crippen molar-refractivity contribution in [3.63, 3.8) is 0 Å². The zero-order valence-corrected chi connectivity index (χ0v) is 12.4. The third-order valence-corrected chi connectivity index (χ3v) is 2.85. The molecule has 0 saturated carbocycles. The van der Waals surface area contributed by atoms with Gasteiger partial charge in [0.1, 0.15) is 0 Å². The van der Waals surface area contributed by atoms with Crippen LogP contribution in [0.5, 0.6) is 0 Å². The van der Waals surface area contributed by atoms with Gasteiger partial charge >= 0.3 is 5.97 Å². The first kappa shape index (κ1) is 17.6. The van der Waals surface area contributed by atoms with Crippen LogP contribution >= 0.6 is 0 Å². The number of hydrogen-bond donors (Lipinski definition) is 1. The fourth-order valence-electron chi connectivity index (χ4n) is 1.78. The number of rotatable bonds is 9. The monoisotopic (exact) mass is 270 g/mol. The van der Waals surface area contributed by atoms with Gasteiger partial charge in [-0.2, -0.15) is 0 Å². The Hall–Kier alpha value is -1.36. The molecule has 0 aliphatic carbocycles. The predicted octanol–water partition coefficient (Wildman–Crippen LogP) is 1.45. The van der Waals surface area contributed by atoms with Gasteiger partial charge in [-0.05, 0) is 19.0 Å². The van der Waals surface area contributed by atoms with Gasteiger partial charge in [-0.3, -0.25) is 4.79 Å². The maximum Gasteiger partial charge on any atom is 0.328 e. The van der Waals surface area contributed by atoms with E-state index in [0.29, 0.717) is 19.0 Å².